The predicted octanol–water partition coefficient (Wildman–Crippen LogP) is 4.25. The van der Waals surface area contributed by atoms with E-state index in [1.54, 1.807) is 0 Å². The van der Waals surface area contributed by atoms with Gasteiger partial charge in [-0.3, -0.25) is 4.79 Å². The summed E-state index contributed by atoms with van der Waals surface area (Å²) in [6, 6.07) is 11.5. The van der Waals surface area contributed by atoms with E-state index in [0.717, 1.165) is 33.5 Å². The van der Waals surface area contributed by atoms with Gasteiger partial charge in [0.25, 0.3) is 0 Å². The average molecular weight is 374 g/mol. The van der Waals surface area contributed by atoms with Crippen molar-refractivity contribution in [3.05, 3.63) is 64.2 Å². The van der Waals surface area contributed by atoms with Gasteiger partial charge in [0.15, 0.2) is 9.84 Å². The van der Waals surface area contributed by atoms with Crippen LogP contribution in [0.2, 0.25) is 0 Å². The Kier molecular flexibility index (Phi) is 6.59. The standard InChI is InChI=1S/C21H27NO3S/c1-15-7-5-8-19(13-15)14-26(24,25)10-6-9-20(23)22-21-17(3)11-16(2)12-18(21)4/h5,7-8,11-13H,6,9-10,14H2,1-4H3,(H,22,23). The minimum absolute atomic E-state index is 0.0141. The summed E-state index contributed by atoms with van der Waals surface area (Å²) in [5.74, 6) is -0.113. The third-order valence-electron chi connectivity index (χ3n) is 4.27. The Morgan fingerprint density at radius 3 is 2.23 bits per heavy atom. The summed E-state index contributed by atoms with van der Waals surface area (Å²) >= 11 is 0. The molecule has 1 N–H and O–H groups in total. The van der Waals surface area contributed by atoms with Crippen LogP contribution in [0.4, 0.5) is 5.69 Å². The maximum atomic E-state index is 12.3. The van der Waals surface area contributed by atoms with Crippen molar-refractivity contribution >= 4 is 21.4 Å². The van der Waals surface area contributed by atoms with Crippen LogP contribution in [-0.2, 0) is 20.4 Å². The minimum Gasteiger partial charge on any atom is -0.326 e. The first-order valence-electron chi connectivity index (χ1n) is 8.80. The topological polar surface area (TPSA) is 63.2 Å². The molecule has 0 bridgehead atoms. The summed E-state index contributed by atoms with van der Waals surface area (Å²) in [6.45, 7) is 7.88. The number of hydrogen-bond acceptors (Lipinski definition) is 3. The summed E-state index contributed by atoms with van der Waals surface area (Å²) in [5, 5.41) is 2.92. The highest BCUT2D eigenvalue weighted by molar-refractivity contribution is 7.90. The average Bonchev–Trinajstić information content (AvgIpc) is 2.50. The molecule has 0 aromatic heterocycles. The third-order valence-corrected chi connectivity index (χ3v) is 5.95. The summed E-state index contributed by atoms with van der Waals surface area (Å²) < 4.78 is 24.5. The lowest BCUT2D eigenvalue weighted by atomic mass is 10.0. The molecule has 0 spiro atoms. The number of sulfone groups is 1. The fourth-order valence-electron chi connectivity index (χ4n) is 3.16. The van der Waals surface area contributed by atoms with Gasteiger partial charge in [-0.2, -0.15) is 0 Å². The molecular weight excluding hydrogens is 346 g/mol. The molecular formula is C21H27NO3S. The summed E-state index contributed by atoms with van der Waals surface area (Å²) in [7, 11) is -3.22. The Morgan fingerprint density at radius 1 is 0.962 bits per heavy atom. The van der Waals surface area contributed by atoms with E-state index in [-0.39, 0.29) is 23.8 Å². The monoisotopic (exact) mass is 373 g/mol. The zero-order chi connectivity index (χ0) is 19.3. The van der Waals surface area contributed by atoms with Gasteiger partial charge >= 0.3 is 0 Å². The van der Waals surface area contributed by atoms with E-state index in [1.165, 1.54) is 0 Å². The second-order valence-electron chi connectivity index (χ2n) is 7.01. The highest BCUT2D eigenvalue weighted by Gasteiger charge is 2.14. The smallest absolute Gasteiger partial charge is 0.224 e. The van der Waals surface area contributed by atoms with Crippen molar-refractivity contribution in [1.29, 1.82) is 0 Å². The number of rotatable bonds is 7. The number of nitrogens with one attached hydrogen (secondary N) is 1. The molecule has 5 heteroatoms. The van der Waals surface area contributed by atoms with Crippen LogP contribution in [-0.4, -0.2) is 20.1 Å². The van der Waals surface area contributed by atoms with Crippen molar-refractivity contribution in [2.45, 2.75) is 46.3 Å². The Morgan fingerprint density at radius 2 is 1.62 bits per heavy atom. The van der Waals surface area contributed by atoms with Crippen molar-refractivity contribution in [3.8, 4) is 0 Å². The van der Waals surface area contributed by atoms with Crippen molar-refractivity contribution in [2.75, 3.05) is 11.1 Å². The normalized spacial score (nSPS) is 11.4. The molecule has 0 radical (unpaired) electrons. The molecule has 0 aliphatic carbocycles. The van der Waals surface area contributed by atoms with Gasteiger partial charge in [0, 0.05) is 12.1 Å². The van der Waals surface area contributed by atoms with Crippen LogP contribution in [0.3, 0.4) is 0 Å². The lowest BCUT2D eigenvalue weighted by molar-refractivity contribution is -0.116. The van der Waals surface area contributed by atoms with Gasteiger partial charge in [0.2, 0.25) is 5.91 Å². The zero-order valence-electron chi connectivity index (χ0n) is 15.9. The van der Waals surface area contributed by atoms with Gasteiger partial charge in [0.05, 0.1) is 11.5 Å². The highest BCUT2D eigenvalue weighted by Crippen LogP contribution is 2.22. The number of amides is 1. The fourth-order valence-corrected chi connectivity index (χ4v) is 4.58. The second kappa shape index (κ2) is 8.49. The first-order chi connectivity index (χ1) is 12.2. The Bertz CT molecular complexity index is 878. The van der Waals surface area contributed by atoms with Gasteiger partial charge in [-0.25, -0.2) is 8.42 Å². The highest BCUT2D eigenvalue weighted by atomic mass is 32.2. The molecule has 2 aromatic carbocycles. The maximum absolute atomic E-state index is 12.3. The number of anilines is 1. The molecule has 26 heavy (non-hydrogen) atoms. The first kappa shape index (κ1) is 20.2. The molecule has 2 rings (SSSR count). The van der Waals surface area contributed by atoms with Crippen molar-refractivity contribution < 1.29 is 13.2 Å². The van der Waals surface area contributed by atoms with Gasteiger partial charge in [-0.05, 0) is 50.8 Å². The van der Waals surface area contributed by atoms with Gasteiger partial charge in [-0.15, -0.1) is 0 Å². The van der Waals surface area contributed by atoms with Crippen molar-refractivity contribution in [2.24, 2.45) is 0 Å². The Balaban J connectivity index is 1.88. The van der Waals surface area contributed by atoms with Crippen molar-refractivity contribution in [3.63, 3.8) is 0 Å². The van der Waals surface area contributed by atoms with E-state index in [4.69, 9.17) is 0 Å². The van der Waals surface area contributed by atoms with Crippen molar-refractivity contribution in [1.82, 2.24) is 0 Å². The zero-order valence-corrected chi connectivity index (χ0v) is 16.7. The molecule has 1 amide bonds. The Hall–Kier alpha value is -2.14. The number of benzene rings is 2. The fraction of sp³-hybridized carbons (Fsp3) is 0.381. The third kappa shape index (κ3) is 5.99. The number of aryl methyl sites for hydroxylation is 4. The van der Waals surface area contributed by atoms with Crippen LogP contribution in [0.15, 0.2) is 36.4 Å². The van der Waals surface area contributed by atoms with Crippen LogP contribution in [0.1, 0.15) is 40.7 Å². The molecule has 0 aliphatic heterocycles. The SMILES string of the molecule is Cc1cccc(CS(=O)(=O)CCCC(=O)Nc2c(C)cc(C)cc2C)c1. The maximum Gasteiger partial charge on any atom is 0.224 e. The van der Waals surface area contributed by atoms with Crippen LogP contribution in [0.25, 0.3) is 0 Å². The van der Waals surface area contributed by atoms with Crippen LogP contribution in [0.5, 0.6) is 0 Å². The lowest BCUT2D eigenvalue weighted by Crippen LogP contribution is -2.16. The second-order valence-corrected chi connectivity index (χ2v) is 9.19. The quantitative estimate of drug-likeness (QED) is 0.789. The van der Waals surface area contributed by atoms with Crippen LogP contribution in [0, 0.1) is 27.7 Å². The molecule has 0 fully saturated rings. The van der Waals surface area contributed by atoms with E-state index < -0.39 is 9.84 Å². The predicted molar refractivity (Wildman–Crippen MR) is 107 cm³/mol. The molecule has 0 saturated heterocycles. The van der Waals surface area contributed by atoms with Gasteiger partial charge in [-0.1, -0.05) is 47.5 Å². The summed E-state index contributed by atoms with van der Waals surface area (Å²) in [4.78, 5) is 12.2. The van der Waals surface area contributed by atoms with Gasteiger partial charge < -0.3 is 5.32 Å². The van der Waals surface area contributed by atoms with E-state index in [0.29, 0.717) is 6.42 Å². The van der Waals surface area contributed by atoms with Gasteiger partial charge in [0.1, 0.15) is 0 Å². The number of carbonyl (C=O) groups is 1. The summed E-state index contributed by atoms with van der Waals surface area (Å²) in [6.07, 6.45) is 0.518. The van der Waals surface area contributed by atoms with E-state index in [9.17, 15) is 13.2 Å². The molecule has 140 valence electrons. The molecule has 0 saturated carbocycles. The Labute approximate surface area is 156 Å². The van der Waals surface area contributed by atoms with Crippen LogP contribution < -0.4 is 5.32 Å². The molecule has 0 aliphatic rings. The summed E-state index contributed by atoms with van der Waals surface area (Å²) in [5.41, 5.74) is 5.84. The molecule has 4 nitrogen and oxygen atoms in total. The lowest BCUT2D eigenvalue weighted by Gasteiger charge is -2.13. The first-order valence-corrected chi connectivity index (χ1v) is 10.6. The van der Waals surface area contributed by atoms with E-state index in [1.807, 2.05) is 64.1 Å². The van der Waals surface area contributed by atoms with E-state index in [2.05, 4.69) is 5.32 Å². The molecule has 0 atom stereocenters. The van der Waals surface area contributed by atoms with E-state index >= 15 is 0 Å². The largest absolute Gasteiger partial charge is 0.326 e. The minimum atomic E-state index is -3.22. The van der Waals surface area contributed by atoms with Crippen LogP contribution >= 0.6 is 0 Å². The molecule has 0 unspecified atom stereocenters. The number of carbonyl (C=O) groups excluding carboxylic acids is 1. The number of hydrogen-bond donors (Lipinski definition) is 1. The molecule has 2 aromatic rings. The molecule has 0 heterocycles.